The van der Waals surface area contributed by atoms with Gasteiger partial charge in [0.15, 0.2) is 5.13 Å². The van der Waals surface area contributed by atoms with E-state index in [1.807, 2.05) is 11.8 Å². The van der Waals surface area contributed by atoms with Gasteiger partial charge in [-0.1, -0.05) is 0 Å². The SMILES string of the molecule is Cc1cnc(NC(=O)N(C2CCOCC2)C2CCC(=O)CC2)s1. The van der Waals surface area contributed by atoms with Gasteiger partial charge in [-0.05, 0) is 32.6 Å². The number of urea groups is 1. The molecule has 1 aromatic rings. The number of amides is 2. The van der Waals surface area contributed by atoms with Crippen LogP contribution in [0.4, 0.5) is 9.93 Å². The number of Topliss-reactive ketones (excluding diaryl/α,β-unsaturated/α-hetero) is 1. The van der Waals surface area contributed by atoms with Crippen molar-refractivity contribution in [2.24, 2.45) is 0 Å². The summed E-state index contributed by atoms with van der Waals surface area (Å²) in [7, 11) is 0. The van der Waals surface area contributed by atoms with Crippen LogP contribution in [-0.2, 0) is 9.53 Å². The number of carbonyl (C=O) groups is 2. The van der Waals surface area contributed by atoms with E-state index in [0.29, 0.717) is 37.0 Å². The summed E-state index contributed by atoms with van der Waals surface area (Å²) >= 11 is 1.48. The van der Waals surface area contributed by atoms with E-state index in [9.17, 15) is 9.59 Å². The van der Waals surface area contributed by atoms with Gasteiger partial charge in [-0.15, -0.1) is 11.3 Å². The van der Waals surface area contributed by atoms with Gasteiger partial charge in [-0.3, -0.25) is 10.1 Å². The standard InChI is InChI=1S/C16H23N3O3S/c1-11-10-17-15(23-11)18-16(21)19(13-6-8-22-9-7-13)12-2-4-14(20)5-3-12/h10,12-13H,2-9H2,1H3,(H,17,18,21). The Morgan fingerprint density at radius 2 is 1.91 bits per heavy atom. The molecule has 3 rings (SSSR count). The van der Waals surface area contributed by atoms with Crippen molar-refractivity contribution >= 4 is 28.3 Å². The molecule has 0 radical (unpaired) electrons. The summed E-state index contributed by atoms with van der Waals surface area (Å²) in [6.45, 7) is 3.35. The summed E-state index contributed by atoms with van der Waals surface area (Å²) in [4.78, 5) is 31.6. The molecule has 126 valence electrons. The lowest BCUT2D eigenvalue weighted by molar-refractivity contribution is -0.121. The second kappa shape index (κ2) is 7.40. The molecule has 7 heteroatoms. The molecule has 1 aliphatic carbocycles. The van der Waals surface area contributed by atoms with Crippen molar-refractivity contribution < 1.29 is 14.3 Å². The van der Waals surface area contributed by atoms with Crippen molar-refractivity contribution in [1.29, 1.82) is 0 Å². The van der Waals surface area contributed by atoms with E-state index in [0.717, 1.165) is 30.6 Å². The zero-order chi connectivity index (χ0) is 16.2. The zero-order valence-corrected chi connectivity index (χ0v) is 14.2. The Labute approximate surface area is 140 Å². The highest BCUT2D eigenvalue weighted by molar-refractivity contribution is 7.15. The lowest BCUT2D eigenvalue weighted by Crippen LogP contribution is -2.52. The van der Waals surface area contributed by atoms with Crippen molar-refractivity contribution in [1.82, 2.24) is 9.88 Å². The van der Waals surface area contributed by atoms with E-state index in [2.05, 4.69) is 10.3 Å². The largest absolute Gasteiger partial charge is 0.381 e. The van der Waals surface area contributed by atoms with Crippen LogP contribution in [0, 0.1) is 6.92 Å². The summed E-state index contributed by atoms with van der Waals surface area (Å²) in [6, 6.07) is 0.227. The van der Waals surface area contributed by atoms with Crippen LogP contribution in [0.5, 0.6) is 0 Å². The van der Waals surface area contributed by atoms with Crippen LogP contribution < -0.4 is 5.32 Å². The van der Waals surface area contributed by atoms with E-state index in [1.165, 1.54) is 11.3 Å². The van der Waals surface area contributed by atoms with E-state index in [1.54, 1.807) is 6.20 Å². The summed E-state index contributed by atoms with van der Waals surface area (Å²) < 4.78 is 5.43. The number of aryl methyl sites for hydroxylation is 1. The second-order valence-corrected chi connectivity index (χ2v) is 7.46. The molecule has 1 N–H and O–H groups in total. The number of ketones is 1. The van der Waals surface area contributed by atoms with Crippen LogP contribution >= 0.6 is 11.3 Å². The van der Waals surface area contributed by atoms with Gasteiger partial charge in [-0.2, -0.15) is 0 Å². The van der Waals surface area contributed by atoms with Crippen molar-refractivity contribution in [2.45, 2.75) is 57.5 Å². The number of nitrogens with one attached hydrogen (secondary N) is 1. The summed E-state index contributed by atoms with van der Waals surface area (Å²) in [5, 5.41) is 3.57. The number of nitrogens with zero attached hydrogens (tertiary/aromatic N) is 2. The fraction of sp³-hybridized carbons (Fsp3) is 0.688. The predicted octanol–water partition coefficient (Wildman–Crippen LogP) is 2.98. The Bertz CT molecular complexity index is 559. The third-order valence-corrected chi connectivity index (χ3v) is 5.39. The van der Waals surface area contributed by atoms with E-state index < -0.39 is 0 Å². The van der Waals surface area contributed by atoms with E-state index in [4.69, 9.17) is 4.74 Å². The molecule has 0 aromatic carbocycles. The normalized spacial score (nSPS) is 20.5. The molecule has 2 aliphatic rings. The van der Waals surface area contributed by atoms with Gasteiger partial charge in [0.05, 0.1) is 0 Å². The molecule has 2 fully saturated rings. The molecule has 2 amide bonds. The molecular weight excluding hydrogens is 314 g/mol. The highest BCUT2D eigenvalue weighted by Gasteiger charge is 2.34. The van der Waals surface area contributed by atoms with Crippen LogP contribution in [0.1, 0.15) is 43.4 Å². The molecule has 0 bridgehead atoms. The Hall–Kier alpha value is -1.47. The van der Waals surface area contributed by atoms with Crippen molar-refractivity contribution in [2.75, 3.05) is 18.5 Å². The highest BCUT2D eigenvalue weighted by Crippen LogP contribution is 2.27. The molecule has 2 heterocycles. The number of hydrogen-bond donors (Lipinski definition) is 1. The Balaban J connectivity index is 1.73. The number of rotatable bonds is 3. The van der Waals surface area contributed by atoms with Crippen LogP contribution in [0.2, 0.25) is 0 Å². The summed E-state index contributed by atoms with van der Waals surface area (Å²) in [5.74, 6) is 0.309. The first-order valence-electron chi connectivity index (χ1n) is 8.24. The van der Waals surface area contributed by atoms with E-state index in [-0.39, 0.29) is 18.1 Å². The second-order valence-electron chi connectivity index (χ2n) is 6.23. The number of anilines is 1. The van der Waals surface area contributed by atoms with Gasteiger partial charge >= 0.3 is 6.03 Å². The minimum absolute atomic E-state index is 0.0920. The molecule has 1 aromatic heterocycles. The number of ether oxygens (including phenoxy) is 1. The molecule has 1 saturated carbocycles. The lowest BCUT2D eigenvalue weighted by Gasteiger charge is -2.41. The molecule has 1 aliphatic heterocycles. The van der Waals surface area contributed by atoms with Gasteiger partial charge in [0.1, 0.15) is 5.78 Å². The average molecular weight is 337 g/mol. The van der Waals surface area contributed by atoms with Gasteiger partial charge in [0.2, 0.25) is 0 Å². The maximum absolute atomic E-state index is 12.9. The van der Waals surface area contributed by atoms with Crippen molar-refractivity contribution in [3.63, 3.8) is 0 Å². The van der Waals surface area contributed by atoms with Crippen LogP contribution in [0.25, 0.3) is 0 Å². The Kier molecular flexibility index (Phi) is 5.27. The molecule has 23 heavy (non-hydrogen) atoms. The fourth-order valence-corrected chi connectivity index (χ4v) is 4.02. The first-order valence-corrected chi connectivity index (χ1v) is 9.06. The maximum atomic E-state index is 12.9. The quantitative estimate of drug-likeness (QED) is 0.920. The minimum Gasteiger partial charge on any atom is -0.381 e. The van der Waals surface area contributed by atoms with Gasteiger partial charge in [0.25, 0.3) is 0 Å². The minimum atomic E-state index is -0.0920. The smallest absolute Gasteiger partial charge is 0.324 e. The third-order valence-electron chi connectivity index (χ3n) is 4.56. The highest BCUT2D eigenvalue weighted by atomic mass is 32.1. The molecule has 0 atom stereocenters. The van der Waals surface area contributed by atoms with Gasteiger partial charge < -0.3 is 9.64 Å². The first-order chi connectivity index (χ1) is 11.1. The number of carbonyl (C=O) groups excluding carboxylic acids is 2. The van der Waals surface area contributed by atoms with Gasteiger partial charge in [-0.25, -0.2) is 9.78 Å². The van der Waals surface area contributed by atoms with Crippen molar-refractivity contribution in [3.8, 4) is 0 Å². The third kappa shape index (κ3) is 4.09. The molecule has 6 nitrogen and oxygen atoms in total. The van der Waals surface area contributed by atoms with E-state index >= 15 is 0 Å². The lowest BCUT2D eigenvalue weighted by atomic mass is 9.91. The molecule has 0 spiro atoms. The summed E-state index contributed by atoms with van der Waals surface area (Å²) in [6.07, 6.45) is 6.16. The number of hydrogen-bond acceptors (Lipinski definition) is 5. The Morgan fingerprint density at radius 1 is 1.26 bits per heavy atom. The number of aromatic nitrogens is 1. The molecular formula is C16H23N3O3S. The maximum Gasteiger partial charge on any atom is 0.324 e. The van der Waals surface area contributed by atoms with Crippen LogP contribution in [0.3, 0.4) is 0 Å². The van der Waals surface area contributed by atoms with Crippen molar-refractivity contribution in [3.05, 3.63) is 11.1 Å². The van der Waals surface area contributed by atoms with Crippen LogP contribution in [-0.4, -0.2) is 47.0 Å². The first kappa shape index (κ1) is 16.4. The molecule has 1 saturated heterocycles. The topological polar surface area (TPSA) is 71.5 Å². The summed E-state index contributed by atoms with van der Waals surface area (Å²) in [5.41, 5.74) is 0. The average Bonchev–Trinajstić information content (AvgIpc) is 2.95. The fourth-order valence-electron chi connectivity index (χ4n) is 3.36. The zero-order valence-electron chi connectivity index (χ0n) is 13.4. The Morgan fingerprint density at radius 3 is 2.52 bits per heavy atom. The van der Waals surface area contributed by atoms with Gasteiger partial charge in [0, 0.05) is 49.2 Å². The molecule has 0 unspecified atom stereocenters. The predicted molar refractivity (Wildman–Crippen MR) is 88.8 cm³/mol. The van der Waals surface area contributed by atoms with Crippen LogP contribution in [0.15, 0.2) is 6.20 Å². The monoisotopic (exact) mass is 337 g/mol. The number of thiazole rings is 1.